The van der Waals surface area contributed by atoms with E-state index in [1.165, 1.54) is 11.1 Å². The van der Waals surface area contributed by atoms with E-state index in [0.29, 0.717) is 12.7 Å². The molecule has 230 valence electrons. The maximum Gasteiger partial charge on any atom is 0.497 e. The Labute approximate surface area is 230 Å². The molecule has 0 radical (unpaired) electrons. The van der Waals surface area contributed by atoms with Gasteiger partial charge in [-0.05, 0) is 30.2 Å². The number of hydroxylamine groups is 2. The van der Waals surface area contributed by atoms with Crippen molar-refractivity contribution >= 4 is 17.4 Å². The van der Waals surface area contributed by atoms with E-state index in [0.717, 1.165) is 7.11 Å². The Morgan fingerprint density at radius 1 is 1.15 bits per heavy atom. The molecule has 1 aromatic rings. The number of hydrogen-bond acceptors (Lipinski definition) is 11. The number of ether oxygens (including phenoxy) is 3. The Morgan fingerprint density at radius 2 is 1.83 bits per heavy atom. The van der Waals surface area contributed by atoms with E-state index in [1.54, 1.807) is 11.8 Å². The van der Waals surface area contributed by atoms with Crippen molar-refractivity contribution in [1.82, 2.24) is 15.9 Å². The number of nitrogens with zero attached hydrogens (tertiary/aromatic N) is 3. The van der Waals surface area contributed by atoms with E-state index >= 15 is 0 Å². The van der Waals surface area contributed by atoms with Crippen molar-refractivity contribution in [3.63, 3.8) is 0 Å². The molecule has 3 aliphatic rings. The zero-order valence-electron chi connectivity index (χ0n) is 22.2. The molecule has 1 aromatic carbocycles. The second kappa shape index (κ2) is 11.9. The molecule has 4 rings (SSSR count). The lowest BCUT2D eigenvalue weighted by atomic mass is 10.0. The summed E-state index contributed by atoms with van der Waals surface area (Å²) >= 11 is 0. The molecular weight excluding hydrogens is 570 g/mol. The zero-order chi connectivity index (χ0) is 30.2. The number of nitrogens with two attached hydrogens (primary N) is 1. The fraction of sp³-hybridized carbons (Fsp3) is 0.652. The second-order valence-corrected chi connectivity index (χ2v) is 9.54. The topological polar surface area (TPSA) is 128 Å². The molecule has 18 heteroatoms. The van der Waals surface area contributed by atoms with Crippen molar-refractivity contribution < 1.29 is 59.7 Å². The van der Waals surface area contributed by atoms with E-state index in [2.05, 4.69) is 10.9 Å². The molecule has 4 atom stereocenters. The summed E-state index contributed by atoms with van der Waals surface area (Å²) in [6.45, 7) is 1.86. The van der Waals surface area contributed by atoms with Crippen LogP contribution in [0.3, 0.4) is 0 Å². The van der Waals surface area contributed by atoms with Crippen LogP contribution in [0.1, 0.15) is 35.7 Å². The number of morpholine rings is 1. The number of benzene rings is 1. The third-order valence-electron chi connectivity index (χ3n) is 6.91. The fourth-order valence-electron chi connectivity index (χ4n) is 5.14. The van der Waals surface area contributed by atoms with Crippen molar-refractivity contribution in [2.24, 2.45) is 5.73 Å². The van der Waals surface area contributed by atoms with Crippen molar-refractivity contribution in [2.75, 3.05) is 51.5 Å². The quantitative estimate of drug-likeness (QED) is 0.229. The van der Waals surface area contributed by atoms with E-state index in [1.807, 2.05) is 0 Å². The fourth-order valence-corrected chi connectivity index (χ4v) is 5.14. The number of fused-ring (bicyclic) bond motifs is 1. The van der Waals surface area contributed by atoms with E-state index in [4.69, 9.17) is 24.8 Å². The first-order valence-corrected chi connectivity index (χ1v) is 12.7. The van der Waals surface area contributed by atoms with E-state index in [-0.39, 0.29) is 44.8 Å². The molecule has 0 bridgehead atoms. The van der Waals surface area contributed by atoms with Gasteiger partial charge in [-0.1, -0.05) is 5.43 Å². The van der Waals surface area contributed by atoms with E-state index in [9.17, 15) is 35.9 Å². The molecule has 12 nitrogen and oxygen atoms in total. The third kappa shape index (κ3) is 6.52. The minimum absolute atomic E-state index is 0.0422. The maximum atomic E-state index is 14.1. The summed E-state index contributed by atoms with van der Waals surface area (Å²) in [5.41, 5.74) is 9.69. The number of quaternary nitrogens is 1. The molecule has 0 saturated carbocycles. The molecule has 0 aliphatic carbocycles. The Bertz CT molecular complexity index is 1130. The number of nitrogens with one attached hydrogen (secondary N) is 2. The van der Waals surface area contributed by atoms with Crippen LogP contribution in [-0.4, -0.2) is 92.9 Å². The summed E-state index contributed by atoms with van der Waals surface area (Å²) in [5, 5.41) is 1.26. The van der Waals surface area contributed by atoms with Crippen LogP contribution >= 0.6 is 0 Å². The Hall–Kier alpha value is -2.74. The first-order valence-electron chi connectivity index (χ1n) is 12.7. The number of methoxy groups -OCH3 is 1. The molecule has 4 unspecified atom stereocenters. The highest BCUT2D eigenvalue weighted by Crippen LogP contribution is 2.43. The molecule has 3 aliphatic heterocycles. The summed E-state index contributed by atoms with van der Waals surface area (Å²) in [7, 11) is 1.06. The number of carbonyl (C=O) groups is 2. The van der Waals surface area contributed by atoms with Gasteiger partial charge in [0.05, 0.1) is 26.0 Å². The van der Waals surface area contributed by atoms with Crippen LogP contribution < -0.4 is 26.2 Å². The van der Waals surface area contributed by atoms with Gasteiger partial charge in [-0.3, -0.25) is 10.5 Å². The lowest BCUT2D eigenvalue weighted by Gasteiger charge is -2.39. The number of hydrazine groups is 1. The van der Waals surface area contributed by atoms with Gasteiger partial charge in [0.25, 0.3) is 0 Å². The molecule has 3 fully saturated rings. The predicted octanol–water partition coefficient (Wildman–Crippen LogP) is 1.62. The van der Waals surface area contributed by atoms with Crippen LogP contribution in [0.4, 0.5) is 32.0 Å². The zero-order valence-corrected chi connectivity index (χ0v) is 22.2. The average molecular weight is 602 g/mol. The first-order chi connectivity index (χ1) is 19.2. The summed E-state index contributed by atoms with van der Waals surface area (Å²) < 4.78 is 96.6. The predicted molar refractivity (Wildman–Crippen MR) is 127 cm³/mol. The van der Waals surface area contributed by atoms with Crippen LogP contribution in [0.25, 0.3) is 0 Å². The number of Topliss-reactive ketones (excluding diaryl/α,β-unsaturated/α-hetero) is 1. The van der Waals surface area contributed by atoms with Crippen molar-refractivity contribution in [1.29, 1.82) is 0 Å². The minimum Gasteiger partial charge on any atom is -0.494 e. The molecule has 0 spiro atoms. The van der Waals surface area contributed by atoms with Crippen molar-refractivity contribution in [3.05, 3.63) is 23.3 Å². The Kier molecular flexibility index (Phi) is 9.03. The molecule has 0 amide bonds. The summed E-state index contributed by atoms with van der Waals surface area (Å²) in [4.78, 5) is 32.0. The number of ketones is 1. The van der Waals surface area contributed by atoms with Gasteiger partial charge >= 0.3 is 18.3 Å². The summed E-state index contributed by atoms with van der Waals surface area (Å²) in [5.74, 6) is -4.18. The number of carbonyl (C=O) groups excluding carboxylic acids is 2. The monoisotopic (exact) mass is 601 g/mol. The number of rotatable bonds is 8. The molecular formula is C23H31F6N6O6+. The number of halogens is 6. The summed E-state index contributed by atoms with van der Waals surface area (Å²) in [6.07, 6.45) is -13.1. The Morgan fingerprint density at radius 3 is 2.41 bits per heavy atom. The van der Waals surface area contributed by atoms with Crippen molar-refractivity contribution in [3.8, 4) is 5.75 Å². The lowest BCUT2D eigenvalue weighted by Crippen LogP contribution is -2.66. The SMILES string of the molecule is CCOC1CCC2N(N1)C(N)N[N+]2(CC(=O)c1cc(N2CCOCC2)c(OC)c(C(F)(F)F)c1)OC(=O)C(F)(F)F. The minimum atomic E-state index is -5.43. The van der Waals surface area contributed by atoms with Gasteiger partial charge in [0.2, 0.25) is 18.5 Å². The summed E-state index contributed by atoms with van der Waals surface area (Å²) in [6, 6.07) is 1.73. The lowest BCUT2D eigenvalue weighted by molar-refractivity contribution is -1.13. The highest BCUT2D eigenvalue weighted by Gasteiger charge is 2.61. The first kappa shape index (κ1) is 31.2. The van der Waals surface area contributed by atoms with Crippen molar-refractivity contribution in [2.45, 2.75) is 50.8 Å². The van der Waals surface area contributed by atoms with Gasteiger partial charge < -0.3 is 19.1 Å². The number of alkyl halides is 6. The van der Waals surface area contributed by atoms with Gasteiger partial charge in [-0.2, -0.15) is 26.3 Å². The normalized spacial score (nSPS) is 27.4. The molecule has 4 N–H and O–H groups in total. The van der Waals surface area contributed by atoms with Crippen LogP contribution in [-0.2, 0) is 25.3 Å². The smallest absolute Gasteiger partial charge is 0.494 e. The van der Waals surface area contributed by atoms with Crippen LogP contribution in [0, 0.1) is 0 Å². The molecule has 41 heavy (non-hydrogen) atoms. The molecule has 3 saturated heterocycles. The third-order valence-corrected chi connectivity index (χ3v) is 6.91. The van der Waals surface area contributed by atoms with Crippen LogP contribution in [0.15, 0.2) is 12.1 Å². The maximum absolute atomic E-state index is 14.1. The molecule has 0 aromatic heterocycles. The van der Waals surface area contributed by atoms with E-state index < -0.39 is 71.0 Å². The highest BCUT2D eigenvalue weighted by atomic mass is 19.4. The van der Waals surface area contributed by atoms with Gasteiger partial charge in [-0.25, -0.2) is 15.1 Å². The highest BCUT2D eigenvalue weighted by molar-refractivity contribution is 5.99. The average Bonchev–Trinajstić information content (AvgIpc) is 3.17. The number of hydrogen-bond donors (Lipinski definition) is 3. The van der Waals surface area contributed by atoms with Crippen LogP contribution in [0.5, 0.6) is 5.75 Å². The standard InChI is InChI=1S/C23H31F6N6O6/c1-3-40-17-4-5-18-34(31-17)21(30)32-35(18,41-20(37)23(27,28)29)12-16(36)13-10-14(22(24,25)26)19(38-2)15(11-13)33-6-8-39-9-7-33/h10-11,17-18,21,31-32H,3-9,12,30H2,1-2H3/q+1. The second-order valence-electron chi connectivity index (χ2n) is 9.54. The van der Waals surface area contributed by atoms with Gasteiger partial charge in [-0.15, -0.1) is 5.01 Å². The van der Waals surface area contributed by atoms with Crippen LogP contribution in [0.2, 0.25) is 0 Å². The molecule has 3 heterocycles. The van der Waals surface area contributed by atoms with Gasteiger partial charge in [0, 0.05) is 31.7 Å². The van der Waals surface area contributed by atoms with Gasteiger partial charge in [0.15, 0.2) is 12.0 Å². The Balaban J connectivity index is 1.74. The van der Waals surface area contributed by atoms with Gasteiger partial charge in [0.1, 0.15) is 11.8 Å². The number of anilines is 1. The largest absolute Gasteiger partial charge is 0.497 e.